The van der Waals surface area contributed by atoms with Crippen LogP contribution in [0.5, 0.6) is 0 Å². The van der Waals surface area contributed by atoms with E-state index in [-0.39, 0.29) is 23.7 Å². The van der Waals surface area contributed by atoms with Crippen LogP contribution < -0.4 is 5.32 Å². The highest BCUT2D eigenvalue weighted by Crippen LogP contribution is 2.26. The Kier molecular flexibility index (Phi) is 6.75. The lowest BCUT2D eigenvalue weighted by atomic mass is 9.99. The molecule has 0 radical (unpaired) electrons. The summed E-state index contributed by atoms with van der Waals surface area (Å²) >= 11 is 0. The van der Waals surface area contributed by atoms with Gasteiger partial charge in [0.15, 0.2) is 6.10 Å². The maximum Gasteiger partial charge on any atom is 0.341 e. The molecule has 0 aliphatic heterocycles. The van der Waals surface area contributed by atoms with Crippen LogP contribution in [0.25, 0.3) is 0 Å². The molecule has 30 heavy (non-hydrogen) atoms. The number of carbonyl (C=O) groups is 3. The van der Waals surface area contributed by atoms with E-state index in [1.54, 1.807) is 67.6 Å². The van der Waals surface area contributed by atoms with Gasteiger partial charge in [-0.05, 0) is 19.1 Å². The average molecular weight is 401 g/mol. The molecule has 0 aromatic heterocycles. The van der Waals surface area contributed by atoms with Gasteiger partial charge in [0.05, 0.1) is 11.3 Å². The van der Waals surface area contributed by atoms with Crippen LogP contribution in [0.2, 0.25) is 0 Å². The predicted octanol–water partition coefficient (Wildman–Crippen LogP) is 5.12. The number of para-hydroxylation sites is 1. The number of ether oxygens (including phenoxy) is 1. The molecule has 152 valence electrons. The van der Waals surface area contributed by atoms with Gasteiger partial charge >= 0.3 is 5.97 Å². The Labute approximate surface area is 175 Å². The third kappa shape index (κ3) is 5.00. The first-order chi connectivity index (χ1) is 14.5. The fraction of sp³-hybridized carbons (Fsp3) is 0.160. The van der Waals surface area contributed by atoms with Crippen molar-refractivity contribution in [3.63, 3.8) is 0 Å². The zero-order valence-corrected chi connectivity index (χ0v) is 16.9. The van der Waals surface area contributed by atoms with Gasteiger partial charge in [0.25, 0.3) is 0 Å². The lowest BCUT2D eigenvalue weighted by molar-refractivity contribution is -0.115. The Hall–Kier alpha value is -3.73. The summed E-state index contributed by atoms with van der Waals surface area (Å²) in [6.45, 7) is 3.66. The predicted molar refractivity (Wildman–Crippen MR) is 115 cm³/mol. The van der Waals surface area contributed by atoms with Crippen molar-refractivity contribution < 1.29 is 19.1 Å². The van der Waals surface area contributed by atoms with Gasteiger partial charge < -0.3 is 10.1 Å². The first-order valence-electron chi connectivity index (χ1n) is 9.75. The number of benzene rings is 3. The second-order valence-electron chi connectivity index (χ2n) is 6.87. The van der Waals surface area contributed by atoms with Crippen LogP contribution in [0.3, 0.4) is 0 Å². The van der Waals surface area contributed by atoms with Crippen LogP contribution in [0, 0.1) is 6.92 Å². The molecule has 1 atom stereocenters. The highest BCUT2D eigenvalue weighted by atomic mass is 16.5. The summed E-state index contributed by atoms with van der Waals surface area (Å²) in [6, 6.07) is 22.6. The smallest absolute Gasteiger partial charge is 0.341 e. The average Bonchev–Trinajstić information content (AvgIpc) is 2.78. The van der Waals surface area contributed by atoms with Crippen LogP contribution in [-0.4, -0.2) is 17.7 Å². The lowest BCUT2D eigenvalue weighted by Gasteiger charge is -2.19. The van der Waals surface area contributed by atoms with Gasteiger partial charge in [-0.2, -0.15) is 0 Å². The number of rotatable bonds is 7. The molecule has 0 spiro atoms. The Morgan fingerprint density at radius 2 is 1.50 bits per heavy atom. The molecule has 5 heteroatoms. The summed E-state index contributed by atoms with van der Waals surface area (Å²) in [5.74, 6) is -1.22. The van der Waals surface area contributed by atoms with E-state index in [9.17, 15) is 14.4 Å². The van der Waals surface area contributed by atoms with Crippen LogP contribution in [-0.2, 0) is 9.53 Å². The molecule has 0 fully saturated rings. The number of carbonyl (C=O) groups excluding carboxylic acids is 3. The van der Waals surface area contributed by atoms with Crippen molar-refractivity contribution in [1.82, 2.24) is 0 Å². The van der Waals surface area contributed by atoms with Crippen LogP contribution >= 0.6 is 0 Å². The van der Waals surface area contributed by atoms with Gasteiger partial charge in [0.1, 0.15) is 0 Å². The number of amides is 1. The second-order valence-corrected chi connectivity index (χ2v) is 6.87. The van der Waals surface area contributed by atoms with Crippen LogP contribution in [0.1, 0.15) is 51.3 Å². The summed E-state index contributed by atoms with van der Waals surface area (Å²) in [5, 5.41) is 2.70. The van der Waals surface area contributed by atoms with Crippen molar-refractivity contribution >= 4 is 23.3 Å². The van der Waals surface area contributed by atoms with E-state index in [0.29, 0.717) is 16.8 Å². The molecule has 3 aromatic rings. The zero-order valence-electron chi connectivity index (χ0n) is 16.9. The summed E-state index contributed by atoms with van der Waals surface area (Å²) in [6.07, 6.45) is -0.821. The highest BCUT2D eigenvalue weighted by Gasteiger charge is 2.27. The molecule has 0 aliphatic rings. The minimum absolute atomic E-state index is 0.192. The van der Waals surface area contributed by atoms with Crippen molar-refractivity contribution in [2.45, 2.75) is 26.4 Å². The van der Waals surface area contributed by atoms with Gasteiger partial charge in [-0.1, -0.05) is 79.2 Å². The van der Waals surface area contributed by atoms with E-state index >= 15 is 0 Å². The monoisotopic (exact) mass is 401 g/mol. The molecular formula is C25H23NO4. The summed E-state index contributed by atoms with van der Waals surface area (Å²) in [4.78, 5) is 38.0. The number of esters is 1. The Morgan fingerprint density at radius 1 is 0.867 bits per heavy atom. The van der Waals surface area contributed by atoms with Crippen LogP contribution in [0.15, 0.2) is 78.9 Å². The highest BCUT2D eigenvalue weighted by molar-refractivity contribution is 6.04. The number of hydrogen-bond acceptors (Lipinski definition) is 4. The van der Waals surface area contributed by atoms with E-state index in [1.165, 1.54) is 0 Å². The topological polar surface area (TPSA) is 72.5 Å². The number of aryl methyl sites for hydroxylation is 1. The van der Waals surface area contributed by atoms with Gasteiger partial charge in [-0.25, -0.2) is 4.79 Å². The molecule has 0 saturated heterocycles. The molecule has 0 bridgehead atoms. The van der Waals surface area contributed by atoms with Gasteiger partial charge in [-0.15, -0.1) is 0 Å². The largest absolute Gasteiger partial charge is 0.445 e. The Bertz CT molecular complexity index is 1040. The van der Waals surface area contributed by atoms with E-state index in [2.05, 4.69) is 5.32 Å². The standard InChI is InChI=1S/C25H23NO4/c1-3-22(27)26-21-12-8-7-11-20(21)25(29)30-24(19-9-5-4-6-10-19)23(28)18-15-13-17(2)14-16-18/h4-16,24H,3H2,1-2H3,(H,26,27)/t24-/m0/s1. The molecule has 3 aromatic carbocycles. The zero-order chi connectivity index (χ0) is 21.5. The number of anilines is 1. The number of nitrogens with one attached hydrogen (secondary N) is 1. The third-order valence-electron chi connectivity index (χ3n) is 4.64. The lowest BCUT2D eigenvalue weighted by Crippen LogP contribution is -2.21. The van der Waals surface area contributed by atoms with Crippen molar-refractivity contribution in [2.24, 2.45) is 0 Å². The minimum Gasteiger partial charge on any atom is -0.445 e. The number of hydrogen-bond donors (Lipinski definition) is 1. The summed E-state index contributed by atoms with van der Waals surface area (Å²) in [7, 11) is 0. The van der Waals surface area contributed by atoms with E-state index in [0.717, 1.165) is 5.56 Å². The van der Waals surface area contributed by atoms with Crippen molar-refractivity contribution in [2.75, 3.05) is 5.32 Å². The maximum atomic E-state index is 13.2. The molecule has 1 amide bonds. The maximum absolute atomic E-state index is 13.2. The summed E-state index contributed by atoms with van der Waals surface area (Å²) < 4.78 is 5.69. The van der Waals surface area contributed by atoms with E-state index in [4.69, 9.17) is 4.74 Å². The fourth-order valence-electron chi connectivity index (χ4n) is 2.95. The number of ketones is 1. The van der Waals surface area contributed by atoms with Gasteiger partial charge in [0, 0.05) is 17.5 Å². The molecule has 5 nitrogen and oxygen atoms in total. The Balaban J connectivity index is 1.92. The molecule has 0 unspecified atom stereocenters. The number of Topliss-reactive ketones (excluding diaryl/α,β-unsaturated/α-hetero) is 1. The second kappa shape index (κ2) is 9.65. The molecule has 0 saturated carbocycles. The van der Waals surface area contributed by atoms with Crippen LogP contribution in [0.4, 0.5) is 5.69 Å². The quantitative estimate of drug-likeness (QED) is 0.440. The third-order valence-corrected chi connectivity index (χ3v) is 4.64. The molecule has 0 aliphatic carbocycles. The first kappa shape index (κ1) is 21.0. The molecule has 3 rings (SSSR count). The Morgan fingerprint density at radius 3 is 2.17 bits per heavy atom. The fourth-order valence-corrected chi connectivity index (χ4v) is 2.95. The van der Waals surface area contributed by atoms with E-state index < -0.39 is 12.1 Å². The molecule has 0 heterocycles. The van der Waals surface area contributed by atoms with Crippen molar-refractivity contribution in [1.29, 1.82) is 0 Å². The SMILES string of the molecule is CCC(=O)Nc1ccccc1C(=O)O[C@H](C(=O)c1ccc(C)cc1)c1ccccc1. The van der Waals surface area contributed by atoms with E-state index in [1.807, 2.05) is 25.1 Å². The minimum atomic E-state index is -1.10. The van der Waals surface area contributed by atoms with Crippen molar-refractivity contribution in [3.05, 3.63) is 101 Å². The first-order valence-corrected chi connectivity index (χ1v) is 9.75. The van der Waals surface area contributed by atoms with Gasteiger partial charge in [-0.3, -0.25) is 9.59 Å². The van der Waals surface area contributed by atoms with Crippen molar-refractivity contribution in [3.8, 4) is 0 Å². The normalized spacial score (nSPS) is 11.4. The van der Waals surface area contributed by atoms with Gasteiger partial charge in [0.2, 0.25) is 11.7 Å². The molecular weight excluding hydrogens is 378 g/mol. The molecule has 1 N–H and O–H groups in total. The summed E-state index contributed by atoms with van der Waals surface area (Å²) in [5.41, 5.74) is 2.60.